The van der Waals surface area contributed by atoms with Gasteiger partial charge < -0.3 is 9.47 Å². The van der Waals surface area contributed by atoms with Gasteiger partial charge in [-0.15, -0.1) is 29.9 Å². The van der Waals surface area contributed by atoms with Crippen molar-refractivity contribution in [2.45, 2.75) is 24.6 Å². The van der Waals surface area contributed by atoms with Crippen LogP contribution in [-0.4, -0.2) is 44.7 Å². The minimum Gasteiger partial charge on any atom is -0.446 e. The van der Waals surface area contributed by atoms with Crippen molar-refractivity contribution in [3.63, 3.8) is 0 Å². The number of aliphatic imine (C=N–C) groups is 1. The van der Waals surface area contributed by atoms with Gasteiger partial charge in [-0.2, -0.15) is 4.99 Å². The number of amides is 1. The number of nitrogens with zero attached hydrogens (tertiary/aromatic N) is 5. The maximum Gasteiger partial charge on any atom is 0.573 e. The number of fused-ring (bicyclic) bond motifs is 3. The van der Waals surface area contributed by atoms with Crippen molar-refractivity contribution < 1.29 is 27.4 Å². The quantitative estimate of drug-likeness (QED) is 0.202. The number of amidine groups is 1. The fourth-order valence-corrected chi connectivity index (χ4v) is 6.01. The Morgan fingerprint density at radius 3 is 2.60 bits per heavy atom. The third-order valence-electron chi connectivity index (χ3n) is 6.84. The summed E-state index contributed by atoms with van der Waals surface area (Å²) in [5.74, 6) is 1.09. The highest BCUT2D eigenvalue weighted by atomic mass is 35.5. The van der Waals surface area contributed by atoms with Gasteiger partial charge >= 0.3 is 12.5 Å². The molecule has 0 radical (unpaired) electrons. The fraction of sp³-hybridized carbons (Fsp3) is 0.200. The lowest BCUT2D eigenvalue weighted by atomic mass is 9.94. The summed E-state index contributed by atoms with van der Waals surface area (Å²) in [4.78, 5) is 23.1. The first kappa shape index (κ1) is 28.8. The van der Waals surface area contributed by atoms with E-state index in [1.165, 1.54) is 52.6 Å². The van der Waals surface area contributed by atoms with Crippen molar-refractivity contribution in [3.05, 3.63) is 102 Å². The number of hydrogen-bond donors (Lipinski definition) is 0. The molecule has 13 heteroatoms. The Hall–Kier alpha value is -4.29. The minimum atomic E-state index is -4.76. The zero-order chi connectivity index (χ0) is 30.1. The Morgan fingerprint density at radius 1 is 1.12 bits per heavy atom. The van der Waals surface area contributed by atoms with E-state index in [1.807, 2.05) is 23.1 Å². The summed E-state index contributed by atoms with van der Waals surface area (Å²) in [6.07, 6.45) is -1.83. The zero-order valence-electron chi connectivity index (χ0n) is 22.5. The first-order valence-electron chi connectivity index (χ1n) is 13.1. The van der Waals surface area contributed by atoms with E-state index < -0.39 is 17.8 Å². The summed E-state index contributed by atoms with van der Waals surface area (Å²) in [7, 11) is 0. The average Bonchev–Trinajstić information content (AvgIpc) is 3.64. The number of allylic oxidation sites excluding steroid dienone is 1. The largest absolute Gasteiger partial charge is 0.573 e. The molecule has 0 aliphatic carbocycles. The van der Waals surface area contributed by atoms with E-state index in [4.69, 9.17) is 16.3 Å². The van der Waals surface area contributed by atoms with Crippen LogP contribution in [-0.2, 0) is 4.74 Å². The third kappa shape index (κ3) is 6.40. The van der Waals surface area contributed by atoms with Crippen molar-refractivity contribution in [3.8, 4) is 22.8 Å². The van der Waals surface area contributed by atoms with Crippen molar-refractivity contribution in [1.29, 1.82) is 0 Å². The second kappa shape index (κ2) is 11.8. The summed E-state index contributed by atoms with van der Waals surface area (Å²) in [6.45, 7) is 2.08. The number of anilines is 1. The Labute approximate surface area is 253 Å². The number of benzene rings is 3. The summed E-state index contributed by atoms with van der Waals surface area (Å²) in [6, 6.07) is 20.5. The van der Waals surface area contributed by atoms with Crippen LogP contribution in [0.2, 0.25) is 0 Å². The third-order valence-corrected chi connectivity index (χ3v) is 8.19. The lowest BCUT2D eigenvalue weighted by Crippen LogP contribution is -2.27. The van der Waals surface area contributed by atoms with Gasteiger partial charge in [0.1, 0.15) is 18.7 Å². The molecule has 2 aliphatic heterocycles. The molecule has 1 fully saturated rings. The molecule has 4 aromatic rings. The molecule has 3 aromatic carbocycles. The topological polar surface area (TPSA) is 81.8 Å². The first-order chi connectivity index (χ1) is 20.6. The van der Waals surface area contributed by atoms with E-state index in [0.29, 0.717) is 22.2 Å². The van der Waals surface area contributed by atoms with E-state index in [9.17, 15) is 18.0 Å². The Bertz CT molecular complexity index is 1710. The Balaban J connectivity index is 1.06. The van der Waals surface area contributed by atoms with Crippen LogP contribution in [0.1, 0.15) is 29.3 Å². The molecule has 0 spiro atoms. The number of ether oxygens (including phenoxy) is 2. The van der Waals surface area contributed by atoms with Crippen molar-refractivity contribution in [1.82, 2.24) is 14.8 Å². The number of rotatable bonds is 6. The lowest BCUT2D eigenvalue weighted by molar-refractivity contribution is -0.274. The molecule has 6 rings (SSSR count). The number of carbonyl (C=O) groups excluding carboxylic acids is 1. The molecule has 8 nitrogen and oxygen atoms in total. The molecule has 1 aromatic heterocycles. The molecule has 0 saturated carbocycles. The second-order valence-corrected chi connectivity index (χ2v) is 11.2. The van der Waals surface area contributed by atoms with Crippen LogP contribution in [0, 0.1) is 0 Å². The maximum absolute atomic E-state index is 12.6. The molecule has 0 N–H and O–H groups in total. The summed E-state index contributed by atoms with van der Waals surface area (Å²) in [5.41, 5.74) is 5.24. The normalized spacial score (nSPS) is 17.7. The lowest BCUT2D eigenvalue weighted by Gasteiger charge is -2.29. The summed E-state index contributed by atoms with van der Waals surface area (Å²) in [5, 5.41) is 4.37. The van der Waals surface area contributed by atoms with Gasteiger partial charge in [0.25, 0.3) is 0 Å². The number of alkyl halides is 4. The SMILES string of the molecule is CC1C=C2CSC(=NC(=O)OCC(Cl)c3ccc(-c4ncn(-c5ccc(OC(F)(F)F)cc5)n4)cc3)N2c2ccccc21. The van der Waals surface area contributed by atoms with E-state index in [0.717, 1.165) is 22.7 Å². The highest BCUT2D eigenvalue weighted by Crippen LogP contribution is 2.42. The number of thioether (sulfide) groups is 1. The molecule has 220 valence electrons. The number of para-hydroxylation sites is 1. The van der Waals surface area contributed by atoms with Gasteiger partial charge in [-0.05, 0) is 41.5 Å². The van der Waals surface area contributed by atoms with Crippen LogP contribution >= 0.6 is 23.4 Å². The van der Waals surface area contributed by atoms with Gasteiger partial charge in [-0.1, -0.05) is 67.2 Å². The molecule has 2 unspecified atom stereocenters. The highest BCUT2D eigenvalue weighted by Gasteiger charge is 2.33. The van der Waals surface area contributed by atoms with Crippen LogP contribution in [0.5, 0.6) is 5.75 Å². The molecule has 2 atom stereocenters. The maximum atomic E-state index is 12.6. The molecule has 2 aliphatic rings. The molecular formula is C30H23ClF3N5O3S. The predicted octanol–water partition coefficient (Wildman–Crippen LogP) is 7.86. The van der Waals surface area contributed by atoms with Gasteiger partial charge in [0, 0.05) is 22.9 Å². The van der Waals surface area contributed by atoms with E-state index in [1.54, 1.807) is 24.3 Å². The number of halogens is 4. The Kier molecular flexibility index (Phi) is 7.89. The molecule has 0 bridgehead atoms. The molecule has 3 heterocycles. The van der Waals surface area contributed by atoms with Crippen LogP contribution in [0.4, 0.5) is 23.7 Å². The number of carbonyl (C=O) groups is 1. The van der Waals surface area contributed by atoms with Crippen molar-refractivity contribution in [2.24, 2.45) is 4.99 Å². The van der Waals surface area contributed by atoms with Gasteiger partial charge in [-0.3, -0.25) is 4.90 Å². The second-order valence-electron chi connectivity index (χ2n) is 9.74. The molecule has 43 heavy (non-hydrogen) atoms. The summed E-state index contributed by atoms with van der Waals surface area (Å²) < 4.78 is 47.9. The molecular weight excluding hydrogens is 603 g/mol. The number of hydrogen-bond acceptors (Lipinski definition) is 6. The average molecular weight is 626 g/mol. The summed E-state index contributed by atoms with van der Waals surface area (Å²) >= 11 is 8.02. The van der Waals surface area contributed by atoms with Gasteiger partial charge in [0.15, 0.2) is 11.0 Å². The van der Waals surface area contributed by atoms with Crippen molar-refractivity contribution in [2.75, 3.05) is 17.3 Å². The zero-order valence-corrected chi connectivity index (χ0v) is 24.1. The molecule has 1 saturated heterocycles. The van der Waals surface area contributed by atoms with Gasteiger partial charge in [-0.25, -0.2) is 14.5 Å². The highest BCUT2D eigenvalue weighted by molar-refractivity contribution is 8.14. The monoisotopic (exact) mass is 625 g/mol. The standard InChI is InChI=1S/C30H23ClF3N5O3S/c1-18-14-22-16-43-28(39(22)26-5-3-2-4-24(18)26)36-29(40)41-15-25(31)19-6-8-20(9-7-19)27-35-17-38(37-27)21-10-12-23(13-11-21)42-30(32,33)34/h2-14,17-18,25H,15-16H2,1H3. The van der Waals surface area contributed by atoms with E-state index >= 15 is 0 Å². The number of aromatic nitrogens is 3. The predicted molar refractivity (Wildman–Crippen MR) is 159 cm³/mol. The van der Waals surface area contributed by atoms with Gasteiger partial charge in [0.05, 0.1) is 16.8 Å². The Morgan fingerprint density at radius 2 is 1.86 bits per heavy atom. The van der Waals surface area contributed by atoms with E-state index in [-0.39, 0.29) is 18.3 Å². The van der Waals surface area contributed by atoms with Gasteiger partial charge in [0.2, 0.25) is 0 Å². The fourth-order valence-electron chi connectivity index (χ4n) is 4.82. The van der Waals surface area contributed by atoms with E-state index in [2.05, 4.69) is 38.9 Å². The van der Waals surface area contributed by atoms with Crippen LogP contribution < -0.4 is 9.64 Å². The smallest absolute Gasteiger partial charge is 0.446 e. The first-order valence-corrected chi connectivity index (χ1v) is 14.6. The van der Waals surface area contributed by atoms with Crippen molar-refractivity contribution >= 4 is 40.3 Å². The van der Waals surface area contributed by atoms with Crippen LogP contribution in [0.25, 0.3) is 17.1 Å². The minimum absolute atomic E-state index is 0.0710. The van der Waals surface area contributed by atoms with Crippen LogP contribution in [0.15, 0.2) is 95.9 Å². The molecule has 1 amide bonds. The van der Waals surface area contributed by atoms with Crippen LogP contribution in [0.3, 0.4) is 0 Å².